The van der Waals surface area contributed by atoms with Gasteiger partial charge in [-0.1, -0.05) is 18.2 Å². The summed E-state index contributed by atoms with van der Waals surface area (Å²) in [6, 6.07) is 12.1. The highest BCUT2D eigenvalue weighted by Gasteiger charge is 2.11. The number of para-hydroxylation sites is 1. The largest absolute Gasteiger partial charge is 0.452 e. The highest BCUT2D eigenvalue weighted by atomic mass is 16.5. The smallest absolute Gasteiger partial charge is 0.338 e. The first-order valence-corrected chi connectivity index (χ1v) is 6.86. The standard InChI is InChI=1S/C17H18N2O3/c1-11-4-3-5-12(2)16(11)19-15(20)10-22-17(21)13-6-8-14(18)9-7-13/h3-9H,10,18H2,1-2H3,(H,19,20). The number of ether oxygens (including phenoxy) is 1. The molecule has 0 spiro atoms. The van der Waals surface area contributed by atoms with Crippen LogP contribution >= 0.6 is 0 Å². The molecule has 1 amide bonds. The predicted octanol–water partition coefficient (Wildman–Crippen LogP) is 2.68. The summed E-state index contributed by atoms with van der Waals surface area (Å²) >= 11 is 0. The molecule has 0 saturated heterocycles. The third-order valence-corrected chi connectivity index (χ3v) is 3.23. The van der Waals surface area contributed by atoms with Crippen molar-refractivity contribution in [3.05, 3.63) is 59.2 Å². The van der Waals surface area contributed by atoms with Gasteiger partial charge in [-0.25, -0.2) is 4.79 Å². The molecule has 5 nitrogen and oxygen atoms in total. The number of aryl methyl sites for hydroxylation is 2. The van der Waals surface area contributed by atoms with Crippen LogP contribution in [-0.4, -0.2) is 18.5 Å². The van der Waals surface area contributed by atoms with Gasteiger partial charge in [-0.05, 0) is 49.2 Å². The number of benzene rings is 2. The second kappa shape index (κ2) is 6.76. The Morgan fingerprint density at radius 1 is 1.05 bits per heavy atom. The van der Waals surface area contributed by atoms with E-state index >= 15 is 0 Å². The fourth-order valence-electron chi connectivity index (χ4n) is 2.02. The van der Waals surface area contributed by atoms with Crippen LogP contribution < -0.4 is 11.1 Å². The number of amides is 1. The minimum absolute atomic E-state index is 0.336. The average Bonchev–Trinajstić information content (AvgIpc) is 2.49. The maximum Gasteiger partial charge on any atom is 0.338 e. The van der Waals surface area contributed by atoms with Crippen LogP contribution in [0.4, 0.5) is 11.4 Å². The summed E-state index contributed by atoms with van der Waals surface area (Å²) in [4.78, 5) is 23.7. The van der Waals surface area contributed by atoms with Crippen LogP contribution in [0.1, 0.15) is 21.5 Å². The number of carbonyl (C=O) groups excluding carboxylic acids is 2. The van der Waals surface area contributed by atoms with Crippen molar-refractivity contribution in [1.82, 2.24) is 0 Å². The van der Waals surface area contributed by atoms with E-state index in [0.717, 1.165) is 16.8 Å². The maximum absolute atomic E-state index is 11.9. The van der Waals surface area contributed by atoms with Crippen molar-refractivity contribution >= 4 is 23.3 Å². The molecule has 0 aromatic heterocycles. The van der Waals surface area contributed by atoms with Crippen LogP contribution in [0.15, 0.2) is 42.5 Å². The molecule has 0 aliphatic carbocycles. The predicted molar refractivity (Wildman–Crippen MR) is 85.7 cm³/mol. The lowest BCUT2D eigenvalue weighted by molar-refractivity contribution is -0.119. The van der Waals surface area contributed by atoms with E-state index in [4.69, 9.17) is 10.5 Å². The van der Waals surface area contributed by atoms with E-state index in [0.29, 0.717) is 11.3 Å². The molecule has 2 rings (SSSR count). The van der Waals surface area contributed by atoms with Crippen LogP contribution in [-0.2, 0) is 9.53 Å². The van der Waals surface area contributed by atoms with E-state index in [1.165, 1.54) is 0 Å². The molecule has 0 heterocycles. The van der Waals surface area contributed by atoms with Gasteiger partial charge < -0.3 is 15.8 Å². The normalized spacial score (nSPS) is 10.1. The molecule has 0 saturated carbocycles. The monoisotopic (exact) mass is 298 g/mol. The molecule has 0 unspecified atom stereocenters. The number of nitrogen functional groups attached to an aromatic ring is 1. The zero-order valence-corrected chi connectivity index (χ0v) is 12.6. The van der Waals surface area contributed by atoms with Gasteiger partial charge in [-0.15, -0.1) is 0 Å². The summed E-state index contributed by atoms with van der Waals surface area (Å²) in [5.41, 5.74) is 9.12. The maximum atomic E-state index is 11.9. The Labute approximate surface area is 129 Å². The van der Waals surface area contributed by atoms with Gasteiger partial charge in [-0.2, -0.15) is 0 Å². The Hall–Kier alpha value is -2.82. The lowest BCUT2D eigenvalue weighted by Crippen LogP contribution is -2.21. The van der Waals surface area contributed by atoms with Crippen molar-refractivity contribution in [2.75, 3.05) is 17.7 Å². The summed E-state index contributed by atoms with van der Waals surface area (Å²) in [5.74, 6) is -0.933. The summed E-state index contributed by atoms with van der Waals surface area (Å²) in [6.45, 7) is 3.48. The van der Waals surface area contributed by atoms with Crippen LogP contribution in [0, 0.1) is 13.8 Å². The van der Waals surface area contributed by atoms with E-state index in [1.54, 1.807) is 24.3 Å². The summed E-state index contributed by atoms with van der Waals surface area (Å²) in [5, 5.41) is 2.76. The van der Waals surface area contributed by atoms with Crippen molar-refractivity contribution < 1.29 is 14.3 Å². The van der Waals surface area contributed by atoms with Crippen molar-refractivity contribution in [3.8, 4) is 0 Å². The second-order valence-electron chi connectivity index (χ2n) is 5.01. The number of carbonyl (C=O) groups is 2. The molecule has 2 aromatic carbocycles. The molecule has 0 bridgehead atoms. The van der Waals surface area contributed by atoms with Gasteiger partial charge >= 0.3 is 5.97 Å². The second-order valence-corrected chi connectivity index (χ2v) is 5.01. The number of hydrogen-bond acceptors (Lipinski definition) is 4. The molecule has 5 heteroatoms. The van der Waals surface area contributed by atoms with E-state index in [2.05, 4.69) is 5.32 Å². The number of rotatable bonds is 4. The number of nitrogens with one attached hydrogen (secondary N) is 1. The SMILES string of the molecule is Cc1cccc(C)c1NC(=O)COC(=O)c1ccc(N)cc1. The third-order valence-electron chi connectivity index (χ3n) is 3.23. The van der Waals surface area contributed by atoms with Crippen LogP contribution in [0.2, 0.25) is 0 Å². The summed E-state index contributed by atoms with van der Waals surface area (Å²) in [6.07, 6.45) is 0. The van der Waals surface area contributed by atoms with Gasteiger partial charge in [0.15, 0.2) is 6.61 Å². The number of nitrogens with two attached hydrogens (primary N) is 1. The van der Waals surface area contributed by atoms with Crippen LogP contribution in [0.3, 0.4) is 0 Å². The Kier molecular flexibility index (Phi) is 4.78. The molecule has 3 N–H and O–H groups in total. The van der Waals surface area contributed by atoms with E-state index in [-0.39, 0.29) is 12.5 Å². The van der Waals surface area contributed by atoms with Crippen molar-refractivity contribution in [1.29, 1.82) is 0 Å². The molecule has 0 radical (unpaired) electrons. The highest BCUT2D eigenvalue weighted by Crippen LogP contribution is 2.19. The molecule has 0 aliphatic heterocycles. The highest BCUT2D eigenvalue weighted by molar-refractivity contribution is 5.96. The fourth-order valence-corrected chi connectivity index (χ4v) is 2.02. The van der Waals surface area contributed by atoms with Gasteiger partial charge in [-0.3, -0.25) is 4.79 Å². The van der Waals surface area contributed by atoms with E-state index in [9.17, 15) is 9.59 Å². The molecule has 2 aromatic rings. The lowest BCUT2D eigenvalue weighted by atomic mass is 10.1. The number of anilines is 2. The zero-order chi connectivity index (χ0) is 16.1. The Bertz CT molecular complexity index is 673. The Morgan fingerprint density at radius 3 is 2.23 bits per heavy atom. The van der Waals surface area contributed by atoms with Gasteiger partial charge in [0.25, 0.3) is 5.91 Å². The molecule has 114 valence electrons. The number of hydrogen-bond donors (Lipinski definition) is 2. The summed E-state index contributed by atoms with van der Waals surface area (Å²) < 4.78 is 4.99. The fraction of sp³-hybridized carbons (Fsp3) is 0.176. The van der Waals surface area contributed by atoms with Crippen molar-refractivity contribution in [3.63, 3.8) is 0 Å². The molecule has 0 aliphatic rings. The topological polar surface area (TPSA) is 81.4 Å². The molecular formula is C17H18N2O3. The van der Waals surface area contributed by atoms with E-state index in [1.807, 2.05) is 32.0 Å². The minimum Gasteiger partial charge on any atom is -0.452 e. The van der Waals surface area contributed by atoms with Crippen molar-refractivity contribution in [2.24, 2.45) is 0 Å². The van der Waals surface area contributed by atoms with Gasteiger partial charge in [0, 0.05) is 11.4 Å². The Morgan fingerprint density at radius 2 is 1.64 bits per heavy atom. The lowest BCUT2D eigenvalue weighted by Gasteiger charge is -2.11. The molecule has 0 fully saturated rings. The average molecular weight is 298 g/mol. The minimum atomic E-state index is -0.559. The number of esters is 1. The first kappa shape index (κ1) is 15.6. The van der Waals surface area contributed by atoms with Crippen LogP contribution in [0.25, 0.3) is 0 Å². The van der Waals surface area contributed by atoms with Crippen molar-refractivity contribution in [2.45, 2.75) is 13.8 Å². The quantitative estimate of drug-likeness (QED) is 0.671. The Balaban J connectivity index is 1.93. The first-order valence-electron chi connectivity index (χ1n) is 6.86. The van der Waals surface area contributed by atoms with E-state index < -0.39 is 5.97 Å². The summed E-state index contributed by atoms with van der Waals surface area (Å²) in [7, 11) is 0. The molecular weight excluding hydrogens is 280 g/mol. The zero-order valence-electron chi connectivity index (χ0n) is 12.6. The molecule has 22 heavy (non-hydrogen) atoms. The van der Waals surface area contributed by atoms with Gasteiger partial charge in [0.05, 0.1) is 5.56 Å². The van der Waals surface area contributed by atoms with Crippen LogP contribution in [0.5, 0.6) is 0 Å². The first-order chi connectivity index (χ1) is 10.5. The molecule has 0 atom stereocenters. The van der Waals surface area contributed by atoms with Gasteiger partial charge in [0.1, 0.15) is 0 Å². The van der Waals surface area contributed by atoms with Gasteiger partial charge in [0.2, 0.25) is 0 Å². The third kappa shape index (κ3) is 3.85.